The minimum absolute atomic E-state index is 0.0225. The van der Waals surface area contributed by atoms with Gasteiger partial charge >= 0.3 is 0 Å². The standard InChI is InChI=1S/C34H35N5O4S/c35-37-23-27-10-7-11-28(22-27)24-38-21-19-32(34(38)41)39(25-33(40)36-20-18-26-8-3-1-4-9-26)44(42,43)31-16-14-30(15-17-31)29-12-5-2-6-13-29/h1-17,22-23,32H,18-21,24-25,35H2,(H,36,40)/t32-/m0/s1. The second kappa shape index (κ2) is 14.1. The Morgan fingerprint density at radius 3 is 2.27 bits per heavy atom. The van der Waals surface area contributed by atoms with Crippen molar-refractivity contribution in [2.75, 3.05) is 19.6 Å². The van der Waals surface area contributed by atoms with E-state index in [4.69, 9.17) is 5.84 Å². The van der Waals surface area contributed by atoms with Crippen LogP contribution in [-0.4, -0.2) is 61.3 Å². The molecule has 1 atom stereocenters. The molecule has 3 N–H and O–H groups in total. The number of hydrazone groups is 1. The lowest BCUT2D eigenvalue weighted by Crippen LogP contribution is -2.49. The summed E-state index contributed by atoms with van der Waals surface area (Å²) in [6, 6.07) is 32.3. The molecule has 0 aliphatic carbocycles. The first-order valence-corrected chi connectivity index (χ1v) is 15.9. The molecule has 1 aliphatic heterocycles. The van der Waals surface area contributed by atoms with Crippen LogP contribution in [0.15, 0.2) is 119 Å². The average molecular weight is 610 g/mol. The zero-order valence-electron chi connectivity index (χ0n) is 24.2. The van der Waals surface area contributed by atoms with Crippen molar-refractivity contribution in [1.82, 2.24) is 14.5 Å². The van der Waals surface area contributed by atoms with Crippen LogP contribution in [0.2, 0.25) is 0 Å². The molecule has 1 saturated heterocycles. The summed E-state index contributed by atoms with van der Waals surface area (Å²) in [7, 11) is -4.21. The van der Waals surface area contributed by atoms with Crippen LogP contribution in [0.25, 0.3) is 11.1 Å². The number of carbonyl (C=O) groups excluding carboxylic acids is 2. The fourth-order valence-electron chi connectivity index (χ4n) is 5.36. The van der Waals surface area contributed by atoms with Gasteiger partial charge < -0.3 is 16.1 Å². The number of carbonyl (C=O) groups is 2. The summed E-state index contributed by atoms with van der Waals surface area (Å²) in [6.07, 6.45) is 2.39. The van der Waals surface area contributed by atoms with E-state index in [9.17, 15) is 18.0 Å². The van der Waals surface area contributed by atoms with Crippen molar-refractivity contribution >= 4 is 28.1 Å². The van der Waals surface area contributed by atoms with Crippen LogP contribution in [0, 0.1) is 0 Å². The zero-order chi connectivity index (χ0) is 30.9. The highest BCUT2D eigenvalue weighted by Crippen LogP contribution is 2.28. The molecule has 4 aromatic rings. The van der Waals surface area contributed by atoms with Gasteiger partial charge in [-0.3, -0.25) is 9.59 Å². The molecule has 10 heteroatoms. The first-order chi connectivity index (χ1) is 21.3. The molecule has 44 heavy (non-hydrogen) atoms. The van der Waals surface area contributed by atoms with E-state index in [0.717, 1.165) is 32.1 Å². The van der Waals surface area contributed by atoms with Gasteiger partial charge in [-0.05, 0) is 58.9 Å². The van der Waals surface area contributed by atoms with E-state index in [0.29, 0.717) is 26.1 Å². The molecular weight excluding hydrogens is 574 g/mol. The first kappa shape index (κ1) is 30.7. The Labute approximate surface area is 258 Å². The van der Waals surface area contributed by atoms with E-state index in [-0.39, 0.29) is 17.2 Å². The minimum atomic E-state index is -4.21. The maximum Gasteiger partial charge on any atom is 0.244 e. The molecule has 0 saturated carbocycles. The normalized spacial score (nSPS) is 15.2. The van der Waals surface area contributed by atoms with E-state index in [1.54, 1.807) is 17.0 Å². The third-order valence-corrected chi connectivity index (χ3v) is 9.48. The quantitative estimate of drug-likeness (QED) is 0.144. The van der Waals surface area contributed by atoms with Gasteiger partial charge in [-0.2, -0.15) is 9.41 Å². The second-order valence-corrected chi connectivity index (χ2v) is 12.5. The SMILES string of the molecule is NN=Cc1cccc(CN2CC[C@H](N(CC(=O)NCCc3ccccc3)S(=O)(=O)c3ccc(-c4ccccc4)cc3)C2=O)c1. The van der Waals surface area contributed by atoms with E-state index in [1.165, 1.54) is 18.3 Å². The van der Waals surface area contributed by atoms with Crippen LogP contribution in [0.1, 0.15) is 23.1 Å². The maximum atomic E-state index is 14.1. The smallest absolute Gasteiger partial charge is 0.244 e. The van der Waals surface area contributed by atoms with Crippen molar-refractivity contribution in [3.63, 3.8) is 0 Å². The maximum absolute atomic E-state index is 14.1. The van der Waals surface area contributed by atoms with Gasteiger partial charge in [0.25, 0.3) is 0 Å². The third kappa shape index (κ3) is 7.39. The van der Waals surface area contributed by atoms with E-state index >= 15 is 0 Å². The van der Waals surface area contributed by atoms with Crippen LogP contribution in [0.5, 0.6) is 0 Å². The van der Waals surface area contributed by atoms with Crippen LogP contribution < -0.4 is 11.2 Å². The van der Waals surface area contributed by atoms with Crippen LogP contribution >= 0.6 is 0 Å². The van der Waals surface area contributed by atoms with Gasteiger partial charge in [0.1, 0.15) is 6.04 Å². The molecule has 0 aromatic heterocycles. The number of nitrogens with two attached hydrogens (primary N) is 1. The lowest BCUT2D eigenvalue weighted by Gasteiger charge is -2.27. The lowest BCUT2D eigenvalue weighted by molar-refractivity contribution is -0.131. The number of rotatable bonds is 12. The van der Waals surface area contributed by atoms with Crippen LogP contribution in [0.3, 0.4) is 0 Å². The molecule has 226 valence electrons. The summed E-state index contributed by atoms with van der Waals surface area (Å²) in [5.41, 5.74) is 4.53. The average Bonchev–Trinajstić information content (AvgIpc) is 3.40. The number of benzene rings is 4. The highest BCUT2D eigenvalue weighted by molar-refractivity contribution is 7.89. The molecule has 4 aromatic carbocycles. The molecule has 9 nitrogen and oxygen atoms in total. The Morgan fingerprint density at radius 2 is 1.57 bits per heavy atom. The molecule has 0 spiro atoms. The van der Waals surface area contributed by atoms with Crippen molar-refractivity contribution in [3.05, 3.63) is 126 Å². The predicted molar refractivity (Wildman–Crippen MR) is 171 cm³/mol. The largest absolute Gasteiger partial charge is 0.355 e. The second-order valence-electron chi connectivity index (χ2n) is 10.6. The van der Waals surface area contributed by atoms with Gasteiger partial charge in [0.15, 0.2) is 0 Å². The van der Waals surface area contributed by atoms with Gasteiger partial charge in [0.05, 0.1) is 17.7 Å². The topological polar surface area (TPSA) is 125 Å². The van der Waals surface area contributed by atoms with Crippen LogP contribution in [0.4, 0.5) is 0 Å². The highest BCUT2D eigenvalue weighted by Gasteiger charge is 2.42. The zero-order valence-corrected chi connectivity index (χ0v) is 25.1. The van der Waals surface area contributed by atoms with Crippen molar-refractivity contribution in [3.8, 4) is 11.1 Å². The van der Waals surface area contributed by atoms with Crippen molar-refractivity contribution < 1.29 is 18.0 Å². The van der Waals surface area contributed by atoms with Crippen molar-refractivity contribution in [2.24, 2.45) is 10.9 Å². The fraction of sp³-hybridized carbons (Fsp3) is 0.206. The van der Waals surface area contributed by atoms with E-state index in [2.05, 4.69) is 10.4 Å². The Balaban J connectivity index is 1.36. The molecule has 1 fully saturated rings. The molecule has 1 heterocycles. The van der Waals surface area contributed by atoms with Gasteiger partial charge in [0.2, 0.25) is 21.8 Å². The lowest BCUT2D eigenvalue weighted by atomic mass is 10.1. The Hall–Kier alpha value is -4.80. The molecular formula is C34H35N5O4S. The minimum Gasteiger partial charge on any atom is -0.355 e. The molecule has 0 radical (unpaired) electrons. The van der Waals surface area contributed by atoms with Crippen molar-refractivity contribution in [2.45, 2.75) is 30.3 Å². The predicted octanol–water partition coefficient (Wildman–Crippen LogP) is 3.80. The van der Waals surface area contributed by atoms with Gasteiger partial charge in [0, 0.05) is 19.6 Å². The number of hydrogen-bond acceptors (Lipinski definition) is 6. The molecule has 1 aliphatic rings. The number of sulfonamides is 1. The molecule has 5 rings (SSSR count). The van der Waals surface area contributed by atoms with Crippen LogP contribution in [-0.2, 0) is 32.6 Å². The number of nitrogens with one attached hydrogen (secondary N) is 1. The molecule has 2 amide bonds. The number of hydrogen-bond donors (Lipinski definition) is 2. The molecule has 0 bridgehead atoms. The van der Waals surface area contributed by atoms with Gasteiger partial charge in [-0.1, -0.05) is 91.0 Å². The fourth-order valence-corrected chi connectivity index (χ4v) is 6.93. The summed E-state index contributed by atoms with van der Waals surface area (Å²) in [5.74, 6) is 4.47. The summed E-state index contributed by atoms with van der Waals surface area (Å²) < 4.78 is 29.2. The van der Waals surface area contributed by atoms with E-state index in [1.807, 2.05) is 84.9 Å². The number of likely N-dealkylation sites (tertiary alicyclic amines) is 1. The Bertz CT molecular complexity index is 1710. The summed E-state index contributed by atoms with van der Waals surface area (Å²) in [5, 5.41) is 6.39. The molecule has 0 unspecified atom stereocenters. The van der Waals surface area contributed by atoms with Crippen molar-refractivity contribution in [1.29, 1.82) is 0 Å². The highest BCUT2D eigenvalue weighted by atomic mass is 32.2. The Morgan fingerprint density at radius 1 is 0.909 bits per heavy atom. The Kier molecular flexibility index (Phi) is 9.83. The third-order valence-electron chi connectivity index (χ3n) is 7.61. The monoisotopic (exact) mass is 609 g/mol. The first-order valence-electron chi connectivity index (χ1n) is 14.4. The summed E-state index contributed by atoms with van der Waals surface area (Å²) in [4.78, 5) is 28.5. The van der Waals surface area contributed by atoms with Gasteiger partial charge in [-0.15, -0.1) is 0 Å². The van der Waals surface area contributed by atoms with Gasteiger partial charge in [-0.25, -0.2) is 8.42 Å². The number of amides is 2. The summed E-state index contributed by atoms with van der Waals surface area (Å²) >= 11 is 0. The van der Waals surface area contributed by atoms with E-state index < -0.39 is 28.5 Å². The summed E-state index contributed by atoms with van der Waals surface area (Å²) in [6.45, 7) is 0.526. The number of nitrogens with zero attached hydrogens (tertiary/aromatic N) is 3.